The van der Waals surface area contributed by atoms with Crippen LogP contribution < -0.4 is 10.1 Å². The van der Waals surface area contributed by atoms with Crippen molar-refractivity contribution in [2.45, 2.75) is 11.1 Å². The van der Waals surface area contributed by atoms with Gasteiger partial charge in [0.2, 0.25) is 5.91 Å². The Bertz CT molecular complexity index is 1590. The molecule has 1 amide bonds. The summed E-state index contributed by atoms with van der Waals surface area (Å²) in [5, 5.41) is 4.81. The fourth-order valence-electron chi connectivity index (χ4n) is 3.56. The summed E-state index contributed by atoms with van der Waals surface area (Å²) in [5.74, 6) is 0.204. The SMILES string of the molecule is COc1ccc(-c2csc(NC(=O)/C=C/c3ccc(-c4ccc(C(F)(F)F)cc4)cc3S(C)(=O)=O)n2)cc1. The first kappa shape index (κ1) is 27.1. The fourth-order valence-corrected chi connectivity index (χ4v) is 5.19. The molecule has 0 aliphatic carbocycles. The number of nitrogens with zero attached hydrogens (tertiary/aromatic N) is 1. The number of anilines is 1. The highest BCUT2D eigenvalue weighted by molar-refractivity contribution is 7.90. The Hall–Kier alpha value is -3.96. The maximum Gasteiger partial charge on any atom is 0.416 e. The third-order valence-corrected chi connectivity index (χ3v) is 7.40. The molecule has 0 saturated carbocycles. The molecule has 38 heavy (non-hydrogen) atoms. The quantitative estimate of drug-likeness (QED) is 0.260. The van der Waals surface area contributed by atoms with E-state index < -0.39 is 27.5 Å². The Kier molecular flexibility index (Phi) is 7.70. The molecule has 0 radical (unpaired) electrons. The van der Waals surface area contributed by atoms with Gasteiger partial charge < -0.3 is 4.74 Å². The molecule has 1 aromatic heterocycles. The van der Waals surface area contributed by atoms with Crippen LogP contribution in [0.3, 0.4) is 0 Å². The molecular formula is C27H21F3N2O4S2. The minimum Gasteiger partial charge on any atom is -0.497 e. The summed E-state index contributed by atoms with van der Waals surface area (Å²) in [4.78, 5) is 16.8. The number of carbonyl (C=O) groups is 1. The van der Waals surface area contributed by atoms with Crippen molar-refractivity contribution in [2.24, 2.45) is 0 Å². The number of amides is 1. The monoisotopic (exact) mass is 558 g/mol. The average Bonchev–Trinajstić information content (AvgIpc) is 3.35. The molecule has 3 aromatic carbocycles. The molecule has 0 unspecified atom stereocenters. The third kappa shape index (κ3) is 6.48. The second-order valence-corrected chi connectivity index (χ2v) is 11.0. The molecule has 11 heteroatoms. The van der Waals surface area contributed by atoms with E-state index >= 15 is 0 Å². The van der Waals surface area contributed by atoms with E-state index in [1.165, 1.54) is 47.8 Å². The van der Waals surface area contributed by atoms with Gasteiger partial charge >= 0.3 is 6.18 Å². The van der Waals surface area contributed by atoms with Crippen LogP contribution in [0.15, 0.2) is 83.1 Å². The van der Waals surface area contributed by atoms with Crippen LogP contribution >= 0.6 is 11.3 Å². The van der Waals surface area contributed by atoms with Crippen molar-refractivity contribution < 1.29 is 31.1 Å². The van der Waals surface area contributed by atoms with Crippen LogP contribution in [0.25, 0.3) is 28.5 Å². The summed E-state index contributed by atoms with van der Waals surface area (Å²) < 4.78 is 68.6. The zero-order chi connectivity index (χ0) is 27.5. The van der Waals surface area contributed by atoms with Crippen LogP contribution in [0.1, 0.15) is 11.1 Å². The van der Waals surface area contributed by atoms with Crippen LogP contribution in [-0.2, 0) is 20.8 Å². The third-order valence-electron chi connectivity index (χ3n) is 5.49. The highest BCUT2D eigenvalue weighted by atomic mass is 32.2. The average molecular weight is 559 g/mol. The number of benzene rings is 3. The van der Waals surface area contributed by atoms with Crippen molar-refractivity contribution >= 4 is 38.3 Å². The van der Waals surface area contributed by atoms with E-state index in [9.17, 15) is 26.4 Å². The molecule has 0 aliphatic heterocycles. The molecule has 0 atom stereocenters. The maximum absolute atomic E-state index is 12.9. The second-order valence-electron chi connectivity index (χ2n) is 8.19. The van der Waals surface area contributed by atoms with Gasteiger partial charge in [0.25, 0.3) is 0 Å². The summed E-state index contributed by atoms with van der Waals surface area (Å²) >= 11 is 1.24. The van der Waals surface area contributed by atoms with E-state index in [2.05, 4.69) is 10.3 Å². The van der Waals surface area contributed by atoms with Gasteiger partial charge in [-0.25, -0.2) is 13.4 Å². The summed E-state index contributed by atoms with van der Waals surface area (Å²) in [5.41, 5.74) is 1.84. The standard InChI is InChI=1S/C27H21F3N2O4S2/c1-36-22-12-7-18(8-13-22)23-16-37-26(31-23)32-25(33)14-9-19-3-4-20(15-24(19)38(2,34)35)17-5-10-21(11-6-17)27(28,29)30/h3-16H,1-2H3,(H,31,32,33)/b14-9+. The van der Waals surface area contributed by atoms with E-state index in [1.54, 1.807) is 30.7 Å². The van der Waals surface area contributed by atoms with E-state index in [0.717, 1.165) is 24.0 Å². The fraction of sp³-hybridized carbons (Fsp3) is 0.111. The van der Waals surface area contributed by atoms with Gasteiger partial charge in [0, 0.05) is 23.3 Å². The van der Waals surface area contributed by atoms with Crippen molar-refractivity contribution in [3.05, 3.63) is 89.3 Å². The van der Waals surface area contributed by atoms with Crippen molar-refractivity contribution in [3.63, 3.8) is 0 Å². The molecule has 1 heterocycles. The summed E-state index contributed by atoms with van der Waals surface area (Å²) in [7, 11) is -2.14. The number of rotatable bonds is 7. The smallest absolute Gasteiger partial charge is 0.416 e. The molecule has 6 nitrogen and oxygen atoms in total. The lowest BCUT2D eigenvalue weighted by Crippen LogP contribution is -2.07. The molecule has 4 aromatic rings. The summed E-state index contributed by atoms with van der Waals surface area (Å²) in [6.07, 6.45) is -0.898. The Morgan fingerprint density at radius 3 is 2.21 bits per heavy atom. The Balaban J connectivity index is 1.51. The van der Waals surface area contributed by atoms with E-state index in [-0.39, 0.29) is 10.5 Å². The molecule has 4 rings (SSSR count). The van der Waals surface area contributed by atoms with E-state index in [0.29, 0.717) is 27.7 Å². The molecule has 1 N–H and O–H groups in total. The number of alkyl halides is 3. The van der Waals surface area contributed by atoms with Gasteiger partial charge in [-0.15, -0.1) is 11.3 Å². The summed E-state index contributed by atoms with van der Waals surface area (Å²) in [6, 6.07) is 16.2. The Morgan fingerprint density at radius 1 is 0.974 bits per heavy atom. The molecule has 0 saturated heterocycles. The first-order chi connectivity index (χ1) is 17.9. The number of aromatic nitrogens is 1. The topological polar surface area (TPSA) is 85.4 Å². The number of ether oxygens (including phenoxy) is 1. The number of hydrogen-bond acceptors (Lipinski definition) is 6. The molecular weight excluding hydrogens is 537 g/mol. The van der Waals surface area contributed by atoms with Crippen molar-refractivity contribution in [2.75, 3.05) is 18.7 Å². The van der Waals surface area contributed by atoms with Gasteiger partial charge in [-0.3, -0.25) is 10.1 Å². The number of sulfone groups is 1. The second kappa shape index (κ2) is 10.8. The molecule has 0 aliphatic rings. The molecule has 0 spiro atoms. The first-order valence-electron chi connectivity index (χ1n) is 11.0. The number of methoxy groups -OCH3 is 1. The van der Waals surface area contributed by atoms with Crippen molar-refractivity contribution in [1.82, 2.24) is 4.98 Å². The maximum atomic E-state index is 12.9. The molecule has 196 valence electrons. The number of carbonyl (C=O) groups excluding carboxylic acids is 1. The number of thiazole rings is 1. The van der Waals surface area contributed by atoms with Gasteiger partial charge in [0.1, 0.15) is 5.75 Å². The van der Waals surface area contributed by atoms with Gasteiger partial charge in [0.05, 0.1) is 23.3 Å². The van der Waals surface area contributed by atoms with Gasteiger partial charge in [-0.05, 0) is 65.2 Å². The number of hydrogen-bond donors (Lipinski definition) is 1. The van der Waals surface area contributed by atoms with Crippen molar-refractivity contribution in [3.8, 4) is 28.1 Å². The largest absolute Gasteiger partial charge is 0.497 e. The lowest BCUT2D eigenvalue weighted by atomic mass is 10.0. The Morgan fingerprint density at radius 2 is 1.61 bits per heavy atom. The van der Waals surface area contributed by atoms with Crippen LogP contribution in [0.4, 0.5) is 18.3 Å². The van der Waals surface area contributed by atoms with Crippen LogP contribution in [-0.4, -0.2) is 32.7 Å². The predicted molar refractivity (Wildman–Crippen MR) is 142 cm³/mol. The van der Waals surface area contributed by atoms with E-state index in [4.69, 9.17) is 4.74 Å². The van der Waals surface area contributed by atoms with Crippen LogP contribution in [0.2, 0.25) is 0 Å². The zero-order valence-electron chi connectivity index (χ0n) is 20.1. The Labute approximate surface area is 221 Å². The number of nitrogens with one attached hydrogen (secondary N) is 1. The van der Waals surface area contributed by atoms with Crippen LogP contribution in [0.5, 0.6) is 5.75 Å². The molecule has 0 bridgehead atoms. The molecule has 0 fully saturated rings. The highest BCUT2D eigenvalue weighted by Crippen LogP contribution is 2.32. The minimum atomic E-state index is -4.47. The van der Waals surface area contributed by atoms with E-state index in [1.807, 2.05) is 12.1 Å². The van der Waals surface area contributed by atoms with Crippen molar-refractivity contribution in [1.29, 1.82) is 0 Å². The zero-order valence-corrected chi connectivity index (χ0v) is 21.7. The first-order valence-corrected chi connectivity index (χ1v) is 13.8. The lowest BCUT2D eigenvalue weighted by Gasteiger charge is -2.10. The lowest BCUT2D eigenvalue weighted by molar-refractivity contribution is -0.137. The predicted octanol–water partition coefficient (Wildman–Crippen LogP) is 6.56. The van der Waals surface area contributed by atoms with Crippen LogP contribution in [0, 0.1) is 0 Å². The van der Waals surface area contributed by atoms with Gasteiger partial charge in [-0.2, -0.15) is 13.2 Å². The van der Waals surface area contributed by atoms with Gasteiger partial charge in [0.15, 0.2) is 15.0 Å². The minimum absolute atomic E-state index is 0.0602. The number of halogens is 3. The highest BCUT2D eigenvalue weighted by Gasteiger charge is 2.30. The summed E-state index contributed by atoms with van der Waals surface area (Å²) in [6.45, 7) is 0. The van der Waals surface area contributed by atoms with Gasteiger partial charge in [-0.1, -0.05) is 24.3 Å². The normalized spacial score (nSPS) is 12.0.